The zero-order valence-corrected chi connectivity index (χ0v) is 11.0. The van der Waals surface area contributed by atoms with Crippen molar-refractivity contribution in [3.05, 3.63) is 35.4 Å². The topological polar surface area (TPSA) is 47.6 Å². The molecule has 110 valence electrons. The minimum atomic E-state index is -4.35. The van der Waals surface area contributed by atoms with Gasteiger partial charge < -0.3 is 10.5 Å². The molecule has 2 rings (SSSR count). The van der Waals surface area contributed by atoms with Gasteiger partial charge in [0.05, 0.1) is 12.1 Å². The molecule has 1 aromatic carbocycles. The summed E-state index contributed by atoms with van der Waals surface area (Å²) in [5, 5.41) is 0. The summed E-state index contributed by atoms with van der Waals surface area (Å²) in [5.41, 5.74) is 4.98. The number of rotatable bonds is 5. The monoisotopic (exact) mass is 286 g/mol. The molecule has 0 saturated carbocycles. The summed E-state index contributed by atoms with van der Waals surface area (Å²) in [6.07, 6.45) is -2.72. The summed E-state index contributed by atoms with van der Waals surface area (Å²) in [6, 6.07) is 5.51. The van der Waals surface area contributed by atoms with Gasteiger partial charge in [-0.25, -0.2) is 0 Å². The Kier molecular flexibility index (Phi) is 4.65. The normalized spacial score (nSPS) is 18.8. The van der Waals surface area contributed by atoms with Crippen LogP contribution >= 0.6 is 0 Å². The van der Waals surface area contributed by atoms with Gasteiger partial charge in [-0.3, -0.25) is 4.99 Å². The van der Waals surface area contributed by atoms with Crippen molar-refractivity contribution in [2.24, 2.45) is 10.7 Å². The predicted molar refractivity (Wildman–Crippen MR) is 70.6 cm³/mol. The van der Waals surface area contributed by atoms with Gasteiger partial charge in [-0.15, -0.1) is 0 Å². The fraction of sp³-hybridized carbons (Fsp3) is 0.500. The van der Waals surface area contributed by atoms with Crippen LogP contribution in [0.1, 0.15) is 24.0 Å². The number of halogens is 3. The van der Waals surface area contributed by atoms with Gasteiger partial charge in [0.2, 0.25) is 0 Å². The number of ether oxygens (including phenoxy) is 1. The Morgan fingerprint density at radius 1 is 1.30 bits per heavy atom. The summed E-state index contributed by atoms with van der Waals surface area (Å²) in [5.74, 6) is 0.378. The molecule has 0 spiro atoms. The lowest BCUT2D eigenvalue weighted by Gasteiger charge is -2.14. The Labute approximate surface area is 115 Å². The van der Waals surface area contributed by atoms with Gasteiger partial charge in [-0.1, -0.05) is 18.2 Å². The van der Waals surface area contributed by atoms with Crippen LogP contribution in [0.3, 0.4) is 0 Å². The molecule has 1 atom stereocenters. The molecule has 1 aromatic rings. The number of hydrogen-bond donors (Lipinski definition) is 1. The molecule has 0 aromatic heterocycles. The smallest absolute Gasteiger partial charge is 0.416 e. The minimum absolute atomic E-state index is 0.0494. The maximum Gasteiger partial charge on any atom is 0.416 e. The molecule has 0 saturated heterocycles. The lowest BCUT2D eigenvalue weighted by molar-refractivity contribution is -0.138. The molecule has 6 heteroatoms. The number of hydrogen-bond acceptors (Lipinski definition) is 3. The van der Waals surface area contributed by atoms with E-state index in [0.717, 1.165) is 18.9 Å². The fourth-order valence-corrected chi connectivity index (χ4v) is 2.18. The van der Waals surface area contributed by atoms with Crippen LogP contribution < -0.4 is 5.73 Å². The molecule has 0 fully saturated rings. The number of benzene rings is 1. The van der Waals surface area contributed by atoms with Crippen LogP contribution in [0.15, 0.2) is 29.3 Å². The average Bonchev–Trinajstić information content (AvgIpc) is 2.83. The van der Waals surface area contributed by atoms with Gasteiger partial charge >= 0.3 is 6.18 Å². The van der Waals surface area contributed by atoms with Crippen molar-refractivity contribution >= 4 is 5.90 Å². The largest absolute Gasteiger partial charge is 0.475 e. The Balaban J connectivity index is 2.02. The minimum Gasteiger partial charge on any atom is -0.475 e. The van der Waals surface area contributed by atoms with E-state index >= 15 is 0 Å². The van der Waals surface area contributed by atoms with E-state index in [0.29, 0.717) is 19.0 Å². The van der Waals surface area contributed by atoms with Crippen molar-refractivity contribution < 1.29 is 17.9 Å². The molecule has 1 aliphatic rings. The summed E-state index contributed by atoms with van der Waals surface area (Å²) in [7, 11) is 0. The van der Waals surface area contributed by atoms with Crippen molar-refractivity contribution in [3.8, 4) is 0 Å². The van der Waals surface area contributed by atoms with Gasteiger partial charge in [0.1, 0.15) is 6.10 Å². The van der Waals surface area contributed by atoms with Gasteiger partial charge in [0.25, 0.3) is 0 Å². The molecule has 3 nitrogen and oxygen atoms in total. The van der Waals surface area contributed by atoms with Crippen LogP contribution in [-0.4, -0.2) is 25.1 Å². The van der Waals surface area contributed by atoms with Gasteiger partial charge in [0, 0.05) is 6.42 Å². The molecule has 1 heterocycles. The predicted octanol–water partition coefficient (Wildman–Crippen LogP) is 2.78. The van der Waals surface area contributed by atoms with Crippen molar-refractivity contribution in [3.63, 3.8) is 0 Å². The van der Waals surface area contributed by atoms with Crippen molar-refractivity contribution in [1.82, 2.24) is 0 Å². The Hall–Kier alpha value is -1.56. The van der Waals surface area contributed by atoms with E-state index in [9.17, 15) is 13.2 Å². The van der Waals surface area contributed by atoms with E-state index in [1.165, 1.54) is 12.1 Å². The zero-order valence-electron chi connectivity index (χ0n) is 11.0. The number of nitrogens with two attached hydrogens (primary N) is 1. The molecule has 1 aliphatic heterocycles. The third kappa shape index (κ3) is 3.72. The summed E-state index contributed by atoms with van der Waals surface area (Å²) in [6.45, 7) is 1.08. The van der Waals surface area contributed by atoms with Crippen LogP contribution in [0.2, 0.25) is 0 Å². The van der Waals surface area contributed by atoms with E-state index in [2.05, 4.69) is 4.99 Å². The van der Waals surface area contributed by atoms with Gasteiger partial charge in [-0.05, 0) is 31.0 Å². The summed E-state index contributed by atoms with van der Waals surface area (Å²) >= 11 is 0. The molecular weight excluding hydrogens is 269 g/mol. The number of aliphatic imine (C=N–C) groups is 1. The number of alkyl halides is 3. The second-order valence-corrected chi connectivity index (χ2v) is 4.74. The lowest BCUT2D eigenvalue weighted by atomic mass is 10.0. The third-order valence-electron chi connectivity index (χ3n) is 3.17. The third-order valence-corrected chi connectivity index (χ3v) is 3.17. The maximum atomic E-state index is 12.9. The van der Waals surface area contributed by atoms with Crippen LogP contribution in [-0.2, 0) is 17.3 Å². The van der Waals surface area contributed by atoms with Crippen molar-refractivity contribution in [1.29, 1.82) is 0 Å². The molecule has 1 unspecified atom stereocenters. The zero-order chi connectivity index (χ0) is 14.6. The van der Waals surface area contributed by atoms with Crippen LogP contribution in [0.25, 0.3) is 0 Å². The van der Waals surface area contributed by atoms with Crippen molar-refractivity contribution in [2.45, 2.75) is 31.5 Å². The van der Waals surface area contributed by atoms with Crippen LogP contribution in [0.5, 0.6) is 0 Å². The molecule has 0 bridgehead atoms. The Bertz CT molecular complexity index is 486. The first-order valence-corrected chi connectivity index (χ1v) is 6.56. The van der Waals surface area contributed by atoms with E-state index in [1.807, 2.05) is 0 Å². The Morgan fingerprint density at radius 2 is 2.05 bits per heavy atom. The highest BCUT2D eigenvalue weighted by molar-refractivity contribution is 5.80. The molecule has 0 aliphatic carbocycles. The average molecular weight is 286 g/mol. The molecule has 0 amide bonds. The molecule has 0 radical (unpaired) electrons. The first-order valence-electron chi connectivity index (χ1n) is 6.56. The molecule has 2 N–H and O–H groups in total. The summed E-state index contributed by atoms with van der Waals surface area (Å²) in [4.78, 5) is 4.17. The van der Waals surface area contributed by atoms with E-state index in [4.69, 9.17) is 10.5 Å². The van der Waals surface area contributed by atoms with E-state index in [1.54, 1.807) is 6.07 Å². The highest BCUT2D eigenvalue weighted by Crippen LogP contribution is 2.32. The summed E-state index contributed by atoms with van der Waals surface area (Å²) < 4.78 is 44.2. The second kappa shape index (κ2) is 6.26. The highest BCUT2D eigenvalue weighted by Gasteiger charge is 2.33. The molecule has 20 heavy (non-hydrogen) atoms. The van der Waals surface area contributed by atoms with Gasteiger partial charge in [0.15, 0.2) is 5.90 Å². The SMILES string of the molecule is NCCCC1CN=C(Cc2ccccc2C(F)(F)F)O1. The lowest BCUT2D eigenvalue weighted by Crippen LogP contribution is -2.17. The van der Waals surface area contributed by atoms with Gasteiger partial charge in [-0.2, -0.15) is 13.2 Å². The fourth-order valence-electron chi connectivity index (χ4n) is 2.18. The number of nitrogens with zero attached hydrogens (tertiary/aromatic N) is 1. The van der Waals surface area contributed by atoms with E-state index < -0.39 is 11.7 Å². The Morgan fingerprint density at radius 3 is 2.75 bits per heavy atom. The second-order valence-electron chi connectivity index (χ2n) is 4.74. The quantitative estimate of drug-likeness (QED) is 0.904. The first kappa shape index (κ1) is 14.8. The molecular formula is C14H17F3N2O. The maximum absolute atomic E-state index is 12.9. The van der Waals surface area contributed by atoms with Crippen LogP contribution in [0, 0.1) is 0 Å². The van der Waals surface area contributed by atoms with E-state index in [-0.39, 0.29) is 18.1 Å². The van der Waals surface area contributed by atoms with Crippen molar-refractivity contribution in [2.75, 3.05) is 13.1 Å². The standard InChI is InChI=1S/C14H17F3N2O/c15-14(16,17)12-6-2-1-4-10(12)8-13-19-9-11(20-13)5-3-7-18/h1-2,4,6,11H,3,5,7-9,18H2. The van der Waals surface area contributed by atoms with Crippen LogP contribution in [0.4, 0.5) is 13.2 Å². The first-order chi connectivity index (χ1) is 9.50. The highest BCUT2D eigenvalue weighted by atomic mass is 19.4.